The van der Waals surface area contributed by atoms with Crippen LogP contribution in [0.25, 0.3) is 0 Å². The smallest absolute Gasteiger partial charge is 0.244 e. The van der Waals surface area contributed by atoms with Gasteiger partial charge in [-0.3, -0.25) is 9.59 Å². The number of hydrogen-bond donors (Lipinski definition) is 2. The number of rotatable bonds is 6. The molecule has 7 heteroatoms. The molecule has 0 aliphatic heterocycles. The van der Waals surface area contributed by atoms with E-state index in [0.717, 1.165) is 5.56 Å². The van der Waals surface area contributed by atoms with Crippen molar-refractivity contribution in [3.63, 3.8) is 0 Å². The zero-order valence-corrected chi connectivity index (χ0v) is 12.5. The first-order valence-electron chi connectivity index (χ1n) is 6.36. The minimum Gasteiger partial charge on any atom is -0.347 e. The van der Waals surface area contributed by atoms with Crippen LogP contribution in [0.1, 0.15) is 18.4 Å². The van der Waals surface area contributed by atoms with Crippen molar-refractivity contribution in [3.8, 4) is 6.07 Å². The Morgan fingerprint density at radius 3 is 2.67 bits per heavy atom. The maximum atomic E-state index is 12.2. The van der Waals surface area contributed by atoms with E-state index in [1.165, 1.54) is 0 Å². The highest BCUT2D eigenvalue weighted by atomic mass is 35.5. The number of amides is 2. The van der Waals surface area contributed by atoms with Crippen LogP contribution in [0.5, 0.6) is 0 Å². The Kier molecular flexibility index (Phi) is 4.71. The summed E-state index contributed by atoms with van der Waals surface area (Å²) in [5, 5.41) is 14.9. The zero-order valence-electron chi connectivity index (χ0n) is 11.0. The highest BCUT2D eigenvalue weighted by Gasteiger charge is 2.45. The third-order valence-corrected chi connectivity index (χ3v) is 4.08. The fraction of sp³-hybridized carbons (Fsp3) is 0.357. The van der Waals surface area contributed by atoms with Crippen LogP contribution in [0, 0.1) is 11.3 Å². The molecule has 110 valence electrons. The van der Waals surface area contributed by atoms with Gasteiger partial charge < -0.3 is 10.6 Å². The highest BCUT2D eigenvalue weighted by Crippen LogP contribution is 2.34. The number of nitriles is 1. The van der Waals surface area contributed by atoms with E-state index in [9.17, 15) is 9.59 Å². The lowest BCUT2D eigenvalue weighted by molar-refractivity contribution is -0.125. The second kappa shape index (κ2) is 6.33. The monoisotopic (exact) mass is 325 g/mol. The standard InChI is InChI=1S/C14H13Cl2N3O2/c15-10-2-1-9(5-11(10)16)6-12(18-8-20)13(21)19-14(7-17)3-4-14/h1-2,5,8,12H,3-4,6H2,(H,18,20)(H,19,21)/t12-/m0/s1. The first-order valence-corrected chi connectivity index (χ1v) is 7.12. The lowest BCUT2D eigenvalue weighted by Gasteiger charge is -2.18. The largest absolute Gasteiger partial charge is 0.347 e. The van der Waals surface area contributed by atoms with Gasteiger partial charge in [-0.05, 0) is 30.5 Å². The van der Waals surface area contributed by atoms with Crippen LogP contribution >= 0.6 is 23.2 Å². The van der Waals surface area contributed by atoms with E-state index in [1.54, 1.807) is 18.2 Å². The van der Waals surface area contributed by atoms with Crippen molar-refractivity contribution < 1.29 is 9.59 Å². The molecule has 1 saturated carbocycles. The molecule has 0 heterocycles. The van der Waals surface area contributed by atoms with Gasteiger partial charge in [0, 0.05) is 6.42 Å². The summed E-state index contributed by atoms with van der Waals surface area (Å²) in [7, 11) is 0. The van der Waals surface area contributed by atoms with Crippen molar-refractivity contribution in [1.82, 2.24) is 10.6 Å². The molecular formula is C14H13Cl2N3O2. The Morgan fingerprint density at radius 1 is 1.43 bits per heavy atom. The van der Waals surface area contributed by atoms with E-state index < -0.39 is 11.6 Å². The van der Waals surface area contributed by atoms with Crippen LogP contribution < -0.4 is 10.6 Å². The molecule has 2 N–H and O–H groups in total. The second-order valence-electron chi connectivity index (χ2n) is 4.97. The SMILES string of the molecule is N#CC1(NC(=O)[C@H](Cc2ccc(Cl)c(Cl)c2)NC=O)CC1. The summed E-state index contributed by atoms with van der Waals surface area (Å²) < 4.78 is 0. The predicted octanol–water partition coefficient (Wildman–Crippen LogP) is 1.82. The van der Waals surface area contributed by atoms with Crippen LogP contribution in [0.2, 0.25) is 10.0 Å². The molecule has 0 unspecified atom stereocenters. The summed E-state index contributed by atoms with van der Waals surface area (Å²) >= 11 is 11.8. The Balaban J connectivity index is 2.07. The number of halogens is 2. The molecule has 1 aliphatic rings. The summed E-state index contributed by atoms with van der Waals surface area (Å²) in [6.07, 6.45) is 2.00. The van der Waals surface area contributed by atoms with Crippen LogP contribution in [0.4, 0.5) is 0 Å². The van der Waals surface area contributed by atoms with Crippen molar-refractivity contribution in [2.45, 2.75) is 30.8 Å². The number of carbonyl (C=O) groups excluding carboxylic acids is 2. The summed E-state index contributed by atoms with van der Waals surface area (Å²) in [6, 6.07) is 6.33. The normalized spacial score (nSPS) is 16.4. The maximum Gasteiger partial charge on any atom is 0.244 e. The first-order chi connectivity index (χ1) is 9.99. The first kappa shape index (κ1) is 15.6. The molecule has 1 aliphatic carbocycles. The molecule has 21 heavy (non-hydrogen) atoms. The van der Waals surface area contributed by atoms with Gasteiger partial charge in [-0.25, -0.2) is 0 Å². The number of benzene rings is 1. The number of nitrogens with one attached hydrogen (secondary N) is 2. The molecule has 1 atom stereocenters. The van der Waals surface area contributed by atoms with Crippen LogP contribution in [-0.2, 0) is 16.0 Å². The van der Waals surface area contributed by atoms with Gasteiger partial charge in [0.15, 0.2) is 0 Å². The van der Waals surface area contributed by atoms with Gasteiger partial charge in [0.1, 0.15) is 11.6 Å². The van der Waals surface area contributed by atoms with Crippen LogP contribution in [0.15, 0.2) is 18.2 Å². The minimum atomic E-state index is -0.766. The van der Waals surface area contributed by atoms with Gasteiger partial charge in [-0.2, -0.15) is 5.26 Å². The van der Waals surface area contributed by atoms with Crippen LogP contribution in [-0.4, -0.2) is 23.9 Å². The summed E-state index contributed by atoms with van der Waals surface area (Å²) in [5.74, 6) is -0.382. The van der Waals surface area contributed by atoms with Crippen molar-refractivity contribution in [2.75, 3.05) is 0 Å². The highest BCUT2D eigenvalue weighted by molar-refractivity contribution is 6.42. The summed E-state index contributed by atoms with van der Waals surface area (Å²) in [5.41, 5.74) is -0.00179. The number of nitrogens with zero attached hydrogens (tertiary/aromatic N) is 1. The fourth-order valence-corrected chi connectivity index (χ4v) is 2.25. The second-order valence-corrected chi connectivity index (χ2v) is 5.79. The third kappa shape index (κ3) is 3.87. The number of hydrogen-bond acceptors (Lipinski definition) is 3. The lowest BCUT2D eigenvalue weighted by Crippen LogP contribution is -2.49. The molecule has 1 aromatic carbocycles. The van der Waals surface area contributed by atoms with Crippen molar-refractivity contribution in [1.29, 1.82) is 5.26 Å². The molecule has 2 rings (SSSR count). The van der Waals surface area contributed by atoms with Gasteiger partial charge in [0.2, 0.25) is 12.3 Å². The summed E-state index contributed by atoms with van der Waals surface area (Å²) in [4.78, 5) is 22.8. The Morgan fingerprint density at radius 2 is 2.14 bits per heavy atom. The van der Waals surface area contributed by atoms with Crippen LogP contribution in [0.3, 0.4) is 0 Å². The average molecular weight is 326 g/mol. The Bertz CT molecular complexity index is 609. The molecule has 0 aromatic heterocycles. The van der Waals surface area contributed by atoms with E-state index in [0.29, 0.717) is 29.3 Å². The molecule has 0 radical (unpaired) electrons. The molecule has 5 nitrogen and oxygen atoms in total. The topological polar surface area (TPSA) is 82.0 Å². The minimum absolute atomic E-state index is 0.267. The number of carbonyl (C=O) groups is 2. The van der Waals surface area contributed by atoms with E-state index in [4.69, 9.17) is 28.5 Å². The zero-order chi connectivity index (χ0) is 15.5. The third-order valence-electron chi connectivity index (χ3n) is 3.34. The van der Waals surface area contributed by atoms with Crippen molar-refractivity contribution in [2.24, 2.45) is 0 Å². The van der Waals surface area contributed by atoms with Gasteiger partial charge in [-0.1, -0.05) is 29.3 Å². The molecule has 2 amide bonds. The van der Waals surface area contributed by atoms with Gasteiger partial charge in [0.25, 0.3) is 0 Å². The molecule has 1 fully saturated rings. The lowest BCUT2D eigenvalue weighted by atomic mass is 10.0. The van der Waals surface area contributed by atoms with Crippen molar-refractivity contribution >= 4 is 35.5 Å². The van der Waals surface area contributed by atoms with E-state index >= 15 is 0 Å². The summed E-state index contributed by atoms with van der Waals surface area (Å²) in [6.45, 7) is 0. The Hall–Kier alpha value is -1.77. The average Bonchev–Trinajstić information content (AvgIpc) is 3.22. The molecule has 1 aromatic rings. The quantitative estimate of drug-likeness (QED) is 0.783. The fourth-order valence-electron chi connectivity index (χ4n) is 1.92. The maximum absolute atomic E-state index is 12.2. The van der Waals surface area contributed by atoms with Crippen molar-refractivity contribution in [3.05, 3.63) is 33.8 Å². The van der Waals surface area contributed by atoms with E-state index in [2.05, 4.69) is 16.7 Å². The van der Waals surface area contributed by atoms with E-state index in [1.807, 2.05) is 0 Å². The molecular weight excluding hydrogens is 313 g/mol. The van der Waals surface area contributed by atoms with Gasteiger partial charge in [0.05, 0.1) is 16.1 Å². The van der Waals surface area contributed by atoms with Gasteiger partial charge in [-0.15, -0.1) is 0 Å². The molecule has 0 spiro atoms. The molecule has 0 bridgehead atoms. The van der Waals surface area contributed by atoms with Gasteiger partial charge >= 0.3 is 0 Å². The predicted molar refractivity (Wildman–Crippen MR) is 78.9 cm³/mol. The Labute approximate surface area is 132 Å². The molecule has 0 saturated heterocycles. The van der Waals surface area contributed by atoms with E-state index in [-0.39, 0.29) is 12.3 Å².